The first-order valence-corrected chi connectivity index (χ1v) is 6.99. The van der Waals surface area contributed by atoms with Gasteiger partial charge in [-0.2, -0.15) is 13.2 Å². The van der Waals surface area contributed by atoms with Crippen LogP contribution in [-0.4, -0.2) is 17.2 Å². The summed E-state index contributed by atoms with van der Waals surface area (Å²) < 4.78 is 37.7. The average Bonchev–Trinajstić information content (AvgIpc) is 2.68. The van der Waals surface area contributed by atoms with Crippen molar-refractivity contribution in [1.82, 2.24) is 0 Å². The van der Waals surface area contributed by atoms with E-state index in [0.717, 1.165) is 12.1 Å². The summed E-state index contributed by atoms with van der Waals surface area (Å²) in [6.45, 7) is 3.76. The summed E-state index contributed by atoms with van der Waals surface area (Å²) in [4.78, 5) is 13.6. The van der Waals surface area contributed by atoms with Gasteiger partial charge in [-0.25, -0.2) is 0 Å². The van der Waals surface area contributed by atoms with Crippen LogP contribution in [0.5, 0.6) is 0 Å². The van der Waals surface area contributed by atoms with Crippen LogP contribution < -0.4 is 4.90 Å². The Morgan fingerprint density at radius 3 is 2.10 bits per heavy atom. The maximum Gasteiger partial charge on any atom is 0.416 e. The molecule has 1 saturated heterocycles. The number of rotatable bonds is 3. The summed E-state index contributed by atoms with van der Waals surface area (Å²) >= 11 is 0. The number of alkyl halides is 3. The molecular weight excluding hydrogens is 283 g/mol. The van der Waals surface area contributed by atoms with Crippen molar-refractivity contribution in [1.29, 1.82) is 0 Å². The van der Waals surface area contributed by atoms with E-state index in [1.165, 1.54) is 17.0 Å². The van der Waals surface area contributed by atoms with Gasteiger partial charge in [0.25, 0.3) is 0 Å². The molecule has 1 aromatic carbocycles. The Bertz CT molecular complexity index is 513. The standard InChI is InChI=1S/C15H18F3NO2/c1-3-11-12(4-2)14(21)19(13(11)20)10-7-5-9(6-8-10)15(16,17)18/h5-8,11-13,20H,3-4H2,1-2H3. The molecule has 3 unspecified atom stereocenters. The van der Waals surface area contributed by atoms with Crippen LogP contribution in [0.3, 0.4) is 0 Å². The van der Waals surface area contributed by atoms with Crippen molar-refractivity contribution in [3.8, 4) is 0 Å². The van der Waals surface area contributed by atoms with Crippen molar-refractivity contribution in [3.63, 3.8) is 0 Å². The molecule has 1 heterocycles. The molecule has 3 atom stereocenters. The normalized spacial score (nSPS) is 26.5. The number of aliphatic hydroxyl groups excluding tert-OH is 1. The molecule has 1 aliphatic heterocycles. The highest BCUT2D eigenvalue weighted by atomic mass is 19.4. The molecule has 0 aliphatic carbocycles. The van der Waals surface area contributed by atoms with Gasteiger partial charge in [0.05, 0.1) is 5.56 Å². The number of hydrogen-bond donors (Lipinski definition) is 1. The number of carbonyl (C=O) groups excluding carboxylic acids is 1. The van der Waals surface area contributed by atoms with Gasteiger partial charge in [0.1, 0.15) is 6.23 Å². The van der Waals surface area contributed by atoms with Gasteiger partial charge in [-0.1, -0.05) is 13.8 Å². The second-order valence-corrected chi connectivity index (χ2v) is 5.25. The lowest BCUT2D eigenvalue weighted by Crippen LogP contribution is -2.35. The zero-order valence-electron chi connectivity index (χ0n) is 11.9. The molecule has 116 valence electrons. The van der Waals surface area contributed by atoms with Gasteiger partial charge in [-0.05, 0) is 37.1 Å². The number of benzene rings is 1. The second-order valence-electron chi connectivity index (χ2n) is 5.25. The molecule has 0 bridgehead atoms. The smallest absolute Gasteiger partial charge is 0.373 e. The van der Waals surface area contributed by atoms with Crippen LogP contribution in [0.2, 0.25) is 0 Å². The summed E-state index contributed by atoms with van der Waals surface area (Å²) in [5.41, 5.74) is -0.471. The molecule has 6 heteroatoms. The second kappa shape index (κ2) is 5.67. The molecule has 1 aliphatic rings. The van der Waals surface area contributed by atoms with Gasteiger partial charge in [0.15, 0.2) is 0 Å². The molecule has 1 N–H and O–H groups in total. The van der Waals surface area contributed by atoms with E-state index in [4.69, 9.17) is 0 Å². The Hall–Kier alpha value is -1.56. The van der Waals surface area contributed by atoms with Gasteiger partial charge in [-0.15, -0.1) is 0 Å². The van der Waals surface area contributed by atoms with Crippen molar-refractivity contribution < 1.29 is 23.1 Å². The minimum Gasteiger partial charge on any atom is -0.373 e. The van der Waals surface area contributed by atoms with Crippen LogP contribution in [0.25, 0.3) is 0 Å². The quantitative estimate of drug-likeness (QED) is 0.929. The predicted octanol–water partition coefficient (Wildman–Crippen LogP) is 3.42. The fourth-order valence-electron chi connectivity index (χ4n) is 2.96. The Morgan fingerprint density at radius 1 is 1.14 bits per heavy atom. The van der Waals surface area contributed by atoms with Crippen LogP contribution in [0.15, 0.2) is 24.3 Å². The van der Waals surface area contributed by atoms with Crippen molar-refractivity contribution in [2.75, 3.05) is 4.90 Å². The van der Waals surface area contributed by atoms with Gasteiger partial charge in [0.2, 0.25) is 5.91 Å². The predicted molar refractivity (Wildman–Crippen MR) is 72.5 cm³/mol. The number of anilines is 1. The van der Waals surface area contributed by atoms with Gasteiger partial charge < -0.3 is 5.11 Å². The fraction of sp³-hybridized carbons (Fsp3) is 0.533. The highest BCUT2D eigenvalue weighted by molar-refractivity contribution is 5.98. The van der Waals surface area contributed by atoms with Crippen molar-refractivity contribution >= 4 is 11.6 Å². The third kappa shape index (κ3) is 2.77. The third-order valence-corrected chi connectivity index (χ3v) is 4.10. The molecule has 21 heavy (non-hydrogen) atoms. The van der Waals surface area contributed by atoms with Crippen LogP contribution in [0.1, 0.15) is 32.3 Å². The van der Waals surface area contributed by atoms with E-state index in [0.29, 0.717) is 18.5 Å². The number of halogens is 3. The zero-order valence-corrected chi connectivity index (χ0v) is 11.9. The Labute approximate surface area is 121 Å². The molecule has 2 rings (SSSR count). The van der Waals surface area contributed by atoms with Crippen molar-refractivity contribution in [2.24, 2.45) is 11.8 Å². The van der Waals surface area contributed by atoms with Crippen molar-refractivity contribution in [2.45, 2.75) is 39.1 Å². The van der Waals surface area contributed by atoms with E-state index in [1.807, 2.05) is 13.8 Å². The van der Waals surface area contributed by atoms with Crippen molar-refractivity contribution in [3.05, 3.63) is 29.8 Å². The maximum atomic E-state index is 12.6. The van der Waals surface area contributed by atoms with Crippen LogP contribution in [0, 0.1) is 11.8 Å². The van der Waals surface area contributed by atoms with E-state index < -0.39 is 18.0 Å². The van der Waals surface area contributed by atoms with Crippen LogP contribution in [0.4, 0.5) is 18.9 Å². The van der Waals surface area contributed by atoms with E-state index in [9.17, 15) is 23.1 Å². The molecule has 1 aromatic rings. The molecule has 1 fully saturated rings. The monoisotopic (exact) mass is 301 g/mol. The summed E-state index contributed by atoms with van der Waals surface area (Å²) in [6, 6.07) is 4.31. The summed E-state index contributed by atoms with van der Waals surface area (Å²) in [5, 5.41) is 10.3. The number of nitrogens with zero attached hydrogens (tertiary/aromatic N) is 1. The maximum absolute atomic E-state index is 12.6. The third-order valence-electron chi connectivity index (χ3n) is 4.10. The topological polar surface area (TPSA) is 40.5 Å². The summed E-state index contributed by atoms with van der Waals surface area (Å²) in [5.74, 6) is -0.700. The Balaban J connectivity index is 2.31. The first-order valence-electron chi connectivity index (χ1n) is 6.99. The minimum absolute atomic E-state index is 0.190. The number of amides is 1. The minimum atomic E-state index is -4.41. The zero-order chi connectivity index (χ0) is 15.8. The summed E-state index contributed by atoms with van der Waals surface area (Å²) in [6.07, 6.45) is -4.15. The molecule has 0 radical (unpaired) electrons. The Kier molecular flexibility index (Phi) is 4.27. The molecular formula is C15H18F3NO2. The molecule has 0 spiro atoms. The fourth-order valence-corrected chi connectivity index (χ4v) is 2.96. The first kappa shape index (κ1) is 15.8. The molecule has 1 amide bonds. The van der Waals surface area contributed by atoms with Crippen LogP contribution >= 0.6 is 0 Å². The lowest BCUT2D eigenvalue weighted by atomic mass is 9.90. The van der Waals surface area contributed by atoms with Crippen LogP contribution in [-0.2, 0) is 11.0 Å². The number of aliphatic hydroxyl groups is 1. The largest absolute Gasteiger partial charge is 0.416 e. The molecule has 0 aromatic heterocycles. The van der Waals surface area contributed by atoms with Gasteiger partial charge in [-0.3, -0.25) is 9.69 Å². The van der Waals surface area contributed by atoms with Gasteiger partial charge >= 0.3 is 6.18 Å². The highest BCUT2D eigenvalue weighted by Crippen LogP contribution is 2.38. The lowest BCUT2D eigenvalue weighted by molar-refractivity contribution is -0.137. The Morgan fingerprint density at radius 2 is 1.71 bits per heavy atom. The molecule has 0 saturated carbocycles. The van der Waals surface area contributed by atoms with E-state index in [-0.39, 0.29) is 17.7 Å². The number of carbonyl (C=O) groups is 1. The van der Waals surface area contributed by atoms with E-state index >= 15 is 0 Å². The molecule has 3 nitrogen and oxygen atoms in total. The average molecular weight is 301 g/mol. The van der Waals surface area contributed by atoms with Gasteiger partial charge in [0, 0.05) is 17.5 Å². The SMILES string of the molecule is CCC1C(=O)N(c2ccc(C(F)(F)F)cc2)C(O)C1CC. The van der Waals surface area contributed by atoms with E-state index in [2.05, 4.69) is 0 Å². The first-order chi connectivity index (χ1) is 9.81. The summed E-state index contributed by atoms with van der Waals surface area (Å²) in [7, 11) is 0. The highest BCUT2D eigenvalue weighted by Gasteiger charge is 2.46. The van der Waals surface area contributed by atoms with E-state index in [1.54, 1.807) is 0 Å². The number of hydrogen-bond acceptors (Lipinski definition) is 2. The lowest BCUT2D eigenvalue weighted by Gasteiger charge is -2.23.